The maximum absolute atomic E-state index is 10.2. The SMILES string of the molecule is CC(N)=O.O=c1cncc[nH]1. The third-order valence-electron chi connectivity index (χ3n) is 0.578. The molecule has 5 heteroatoms. The zero-order valence-corrected chi connectivity index (χ0v) is 6.07. The monoisotopic (exact) mass is 155 g/mol. The maximum Gasteiger partial charge on any atom is 0.266 e. The minimum absolute atomic E-state index is 0.164. The van der Waals surface area contributed by atoms with Gasteiger partial charge in [-0.2, -0.15) is 0 Å². The summed E-state index contributed by atoms with van der Waals surface area (Å²) in [7, 11) is 0. The number of aromatic nitrogens is 2. The Bertz CT molecular complexity index is 247. The predicted molar refractivity (Wildman–Crippen MR) is 39.7 cm³/mol. The second kappa shape index (κ2) is 5.16. The van der Waals surface area contributed by atoms with Gasteiger partial charge in [0.15, 0.2) is 0 Å². The van der Waals surface area contributed by atoms with Crippen LogP contribution in [0, 0.1) is 0 Å². The average Bonchev–Trinajstić information content (AvgIpc) is 1.87. The third-order valence-corrected chi connectivity index (χ3v) is 0.578. The van der Waals surface area contributed by atoms with Crippen molar-refractivity contribution in [2.45, 2.75) is 6.92 Å². The number of hydrogen-bond acceptors (Lipinski definition) is 3. The molecule has 60 valence electrons. The summed E-state index contributed by atoms with van der Waals surface area (Å²) in [4.78, 5) is 25.3. The van der Waals surface area contributed by atoms with Crippen LogP contribution in [0.3, 0.4) is 0 Å². The molecule has 0 saturated carbocycles. The fraction of sp³-hybridized carbons (Fsp3) is 0.167. The number of primary amides is 1. The van der Waals surface area contributed by atoms with E-state index in [0.717, 1.165) is 0 Å². The maximum atomic E-state index is 10.2. The van der Waals surface area contributed by atoms with E-state index in [1.165, 1.54) is 25.5 Å². The van der Waals surface area contributed by atoms with Crippen LogP contribution in [0.5, 0.6) is 0 Å². The van der Waals surface area contributed by atoms with Gasteiger partial charge >= 0.3 is 0 Å². The van der Waals surface area contributed by atoms with Crippen molar-refractivity contribution in [3.63, 3.8) is 0 Å². The van der Waals surface area contributed by atoms with Gasteiger partial charge in [-0.1, -0.05) is 0 Å². The molecule has 0 aliphatic carbocycles. The van der Waals surface area contributed by atoms with E-state index < -0.39 is 0 Å². The van der Waals surface area contributed by atoms with E-state index in [1.54, 1.807) is 0 Å². The molecular formula is C6H9N3O2. The lowest BCUT2D eigenvalue weighted by molar-refractivity contribution is -0.115. The number of amides is 1. The van der Waals surface area contributed by atoms with E-state index >= 15 is 0 Å². The van der Waals surface area contributed by atoms with Crippen LogP contribution >= 0.6 is 0 Å². The molecule has 1 amide bonds. The highest BCUT2D eigenvalue weighted by molar-refractivity contribution is 5.70. The van der Waals surface area contributed by atoms with E-state index in [4.69, 9.17) is 0 Å². The number of H-pyrrole nitrogens is 1. The number of carbonyl (C=O) groups is 1. The van der Waals surface area contributed by atoms with Crippen LogP contribution in [0.25, 0.3) is 0 Å². The summed E-state index contributed by atoms with van der Waals surface area (Å²) >= 11 is 0. The molecule has 0 aromatic carbocycles. The summed E-state index contributed by atoms with van der Waals surface area (Å²) in [6.07, 6.45) is 4.23. The third kappa shape index (κ3) is 8.35. The van der Waals surface area contributed by atoms with Crippen molar-refractivity contribution in [1.29, 1.82) is 0 Å². The lowest BCUT2D eigenvalue weighted by Gasteiger charge is -1.73. The van der Waals surface area contributed by atoms with Gasteiger partial charge in [0.2, 0.25) is 5.91 Å². The van der Waals surface area contributed by atoms with Gasteiger partial charge in [0, 0.05) is 19.3 Å². The molecular weight excluding hydrogens is 146 g/mol. The second-order valence-electron chi connectivity index (χ2n) is 1.71. The average molecular weight is 155 g/mol. The first-order valence-corrected chi connectivity index (χ1v) is 2.87. The van der Waals surface area contributed by atoms with Crippen molar-refractivity contribution >= 4 is 5.91 Å². The van der Waals surface area contributed by atoms with Crippen LogP contribution in [-0.4, -0.2) is 15.9 Å². The molecule has 3 N–H and O–H groups in total. The molecule has 0 radical (unpaired) electrons. The number of nitrogens with one attached hydrogen (secondary N) is 1. The Kier molecular flexibility index (Phi) is 4.39. The largest absolute Gasteiger partial charge is 0.370 e. The van der Waals surface area contributed by atoms with Crippen molar-refractivity contribution in [2.75, 3.05) is 0 Å². The Morgan fingerprint density at radius 1 is 1.73 bits per heavy atom. The van der Waals surface area contributed by atoms with E-state index in [9.17, 15) is 9.59 Å². The zero-order valence-electron chi connectivity index (χ0n) is 6.07. The summed E-state index contributed by atoms with van der Waals surface area (Å²) in [5.74, 6) is -0.333. The number of nitrogens with zero attached hydrogens (tertiary/aromatic N) is 1. The lowest BCUT2D eigenvalue weighted by atomic mass is 10.8. The van der Waals surface area contributed by atoms with Gasteiger partial charge in [0.05, 0.1) is 6.20 Å². The van der Waals surface area contributed by atoms with Crippen molar-refractivity contribution in [2.24, 2.45) is 5.73 Å². The molecule has 0 aliphatic rings. The van der Waals surface area contributed by atoms with Crippen molar-refractivity contribution in [3.8, 4) is 0 Å². The molecule has 0 bridgehead atoms. The first-order valence-electron chi connectivity index (χ1n) is 2.87. The van der Waals surface area contributed by atoms with Crippen LogP contribution in [0.4, 0.5) is 0 Å². The standard InChI is InChI=1S/C4H4N2O.C2H5NO/c7-4-3-5-1-2-6-4;1-2(3)4/h1-3H,(H,6,7);1H3,(H2,3,4). The highest BCUT2D eigenvalue weighted by atomic mass is 16.1. The highest BCUT2D eigenvalue weighted by Crippen LogP contribution is 1.57. The summed E-state index contributed by atoms with van der Waals surface area (Å²) in [6, 6.07) is 0. The Balaban J connectivity index is 0.000000218. The van der Waals surface area contributed by atoms with Crippen LogP contribution in [0.15, 0.2) is 23.4 Å². The van der Waals surface area contributed by atoms with E-state index in [2.05, 4.69) is 15.7 Å². The molecule has 0 unspecified atom stereocenters. The molecule has 1 heterocycles. The topological polar surface area (TPSA) is 88.8 Å². The normalized spacial score (nSPS) is 7.73. The quantitative estimate of drug-likeness (QED) is 0.517. The second-order valence-corrected chi connectivity index (χ2v) is 1.71. The van der Waals surface area contributed by atoms with Gasteiger partial charge in [-0.25, -0.2) is 0 Å². The summed E-state index contributed by atoms with van der Waals surface area (Å²) in [5.41, 5.74) is 4.31. The van der Waals surface area contributed by atoms with Gasteiger partial charge in [0.25, 0.3) is 5.56 Å². The zero-order chi connectivity index (χ0) is 8.69. The Morgan fingerprint density at radius 3 is 2.45 bits per heavy atom. The summed E-state index contributed by atoms with van der Waals surface area (Å²) in [6.45, 7) is 1.31. The van der Waals surface area contributed by atoms with E-state index in [0.29, 0.717) is 0 Å². The smallest absolute Gasteiger partial charge is 0.266 e. The van der Waals surface area contributed by atoms with Crippen molar-refractivity contribution in [3.05, 3.63) is 28.9 Å². The van der Waals surface area contributed by atoms with Gasteiger partial charge in [-0.15, -0.1) is 0 Å². The van der Waals surface area contributed by atoms with Crippen LogP contribution in [0.2, 0.25) is 0 Å². The molecule has 0 fully saturated rings. The van der Waals surface area contributed by atoms with Crippen LogP contribution in [-0.2, 0) is 4.79 Å². The molecule has 1 rings (SSSR count). The molecule has 1 aromatic rings. The van der Waals surface area contributed by atoms with E-state index in [-0.39, 0.29) is 11.5 Å². The number of hydrogen-bond donors (Lipinski definition) is 2. The van der Waals surface area contributed by atoms with E-state index in [1.807, 2.05) is 0 Å². The van der Waals surface area contributed by atoms with Gasteiger partial charge in [-0.05, 0) is 0 Å². The van der Waals surface area contributed by atoms with Gasteiger partial charge < -0.3 is 10.7 Å². The highest BCUT2D eigenvalue weighted by Gasteiger charge is 1.70. The first-order chi connectivity index (χ1) is 5.13. The molecule has 5 nitrogen and oxygen atoms in total. The Morgan fingerprint density at radius 2 is 2.27 bits per heavy atom. The first kappa shape index (κ1) is 9.35. The molecule has 0 spiro atoms. The van der Waals surface area contributed by atoms with Crippen molar-refractivity contribution < 1.29 is 4.79 Å². The minimum atomic E-state index is -0.333. The Hall–Kier alpha value is -1.65. The lowest BCUT2D eigenvalue weighted by Crippen LogP contribution is -2.01. The number of nitrogens with two attached hydrogens (primary N) is 1. The molecule has 11 heavy (non-hydrogen) atoms. The van der Waals surface area contributed by atoms with Gasteiger partial charge in [-0.3, -0.25) is 14.6 Å². The number of aromatic amines is 1. The van der Waals surface area contributed by atoms with Crippen molar-refractivity contribution in [1.82, 2.24) is 9.97 Å². The Labute approximate surface area is 63.3 Å². The van der Waals surface area contributed by atoms with Crippen LogP contribution < -0.4 is 11.3 Å². The number of rotatable bonds is 0. The molecule has 0 atom stereocenters. The molecule has 0 aliphatic heterocycles. The fourth-order valence-corrected chi connectivity index (χ4v) is 0.310. The fourth-order valence-electron chi connectivity index (χ4n) is 0.310. The predicted octanol–water partition coefficient (Wildman–Crippen LogP) is -0.739. The molecule has 1 aromatic heterocycles. The number of carbonyl (C=O) groups excluding carboxylic acids is 1. The van der Waals surface area contributed by atoms with Gasteiger partial charge in [0.1, 0.15) is 0 Å². The summed E-state index contributed by atoms with van der Waals surface area (Å²) in [5, 5.41) is 0. The minimum Gasteiger partial charge on any atom is -0.370 e. The van der Waals surface area contributed by atoms with Crippen LogP contribution in [0.1, 0.15) is 6.92 Å². The summed E-state index contributed by atoms with van der Waals surface area (Å²) < 4.78 is 0. The molecule has 0 saturated heterocycles.